The van der Waals surface area contributed by atoms with Crippen LogP contribution in [0.5, 0.6) is 0 Å². The van der Waals surface area contributed by atoms with E-state index in [1.165, 1.54) is 0 Å². The first-order chi connectivity index (χ1) is 9.51. The lowest BCUT2D eigenvalue weighted by molar-refractivity contribution is -0.136. The van der Waals surface area contributed by atoms with Crippen molar-refractivity contribution in [2.45, 2.75) is 58.8 Å². The Morgan fingerprint density at radius 2 is 1.95 bits per heavy atom. The average Bonchev–Trinajstić information content (AvgIpc) is 2.67. The Morgan fingerprint density at radius 1 is 1.30 bits per heavy atom. The summed E-state index contributed by atoms with van der Waals surface area (Å²) in [5.74, 6) is -1.05. The van der Waals surface area contributed by atoms with Crippen LogP contribution in [0, 0.1) is 5.92 Å². The molecule has 3 nitrogen and oxygen atoms in total. The Labute approximate surface area is 125 Å². The van der Waals surface area contributed by atoms with Crippen molar-refractivity contribution in [3.8, 4) is 0 Å². The number of carboxylic acid groups (broad SMARTS) is 1. The second-order valence-corrected chi connectivity index (χ2v) is 5.69. The maximum Gasteiger partial charge on any atom is 0.307 e. The summed E-state index contributed by atoms with van der Waals surface area (Å²) in [5.41, 5.74) is 1.41. The van der Waals surface area contributed by atoms with Gasteiger partial charge in [-0.25, -0.2) is 0 Å². The first-order valence-electron chi connectivity index (χ1n) is 7.36. The number of rotatable bonds is 8. The van der Waals surface area contributed by atoms with Crippen LogP contribution in [0.25, 0.3) is 0 Å². The lowest BCUT2D eigenvalue weighted by Gasteiger charge is -2.15. The monoisotopic (exact) mass is 298 g/mol. The molecule has 1 atom stereocenters. The van der Waals surface area contributed by atoms with E-state index in [1.54, 1.807) is 6.08 Å². The zero-order valence-electron chi connectivity index (χ0n) is 12.2. The molecular weight excluding hydrogens is 276 g/mol. The molecule has 4 heteroatoms. The van der Waals surface area contributed by atoms with Crippen molar-refractivity contribution in [2.24, 2.45) is 5.92 Å². The van der Waals surface area contributed by atoms with Crippen molar-refractivity contribution in [3.05, 3.63) is 22.3 Å². The molecule has 0 spiro atoms. The predicted molar refractivity (Wildman–Crippen MR) is 80.8 cm³/mol. The van der Waals surface area contributed by atoms with Gasteiger partial charge in [-0.05, 0) is 19.3 Å². The molecule has 20 heavy (non-hydrogen) atoms. The van der Waals surface area contributed by atoms with Crippen LogP contribution < -0.4 is 0 Å². The Balaban J connectivity index is 3.05. The summed E-state index contributed by atoms with van der Waals surface area (Å²) >= 11 is 5.98. The first-order valence-corrected chi connectivity index (χ1v) is 7.74. The number of carboxylic acids is 1. The maximum absolute atomic E-state index is 12.2. The SMILES string of the molecule is CCCCC(CC(=O)O)=C1C(=O)C(Cl)=CC1CCCC. The first kappa shape index (κ1) is 17.0. The number of carbonyl (C=O) groups excluding carboxylic acids is 1. The summed E-state index contributed by atoms with van der Waals surface area (Å²) in [4.78, 5) is 23.3. The van der Waals surface area contributed by atoms with Crippen molar-refractivity contribution in [1.29, 1.82) is 0 Å². The summed E-state index contributed by atoms with van der Waals surface area (Å²) in [5, 5.41) is 9.31. The zero-order chi connectivity index (χ0) is 15.1. The van der Waals surface area contributed by atoms with Gasteiger partial charge in [0.05, 0.1) is 11.5 Å². The smallest absolute Gasteiger partial charge is 0.307 e. The molecule has 0 saturated heterocycles. The van der Waals surface area contributed by atoms with Crippen LogP contribution in [0.15, 0.2) is 22.3 Å². The maximum atomic E-state index is 12.2. The van der Waals surface area contributed by atoms with Gasteiger partial charge in [0.15, 0.2) is 0 Å². The zero-order valence-corrected chi connectivity index (χ0v) is 13.0. The molecule has 0 aromatic rings. The number of allylic oxidation sites excluding steroid dienone is 3. The molecule has 0 saturated carbocycles. The van der Waals surface area contributed by atoms with Crippen LogP contribution in [0.1, 0.15) is 58.8 Å². The summed E-state index contributed by atoms with van der Waals surface area (Å²) in [7, 11) is 0. The van der Waals surface area contributed by atoms with Crippen LogP contribution >= 0.6 is 11.6 Å². The lowest BCUT2D eigenvalue weighted by atomic mass is 9.88. The number of aliphatic carboxylic acids is 1. The van der Waals surface area contributed by atoms with E-state index in [4.69, 9.17) is 16.7 Å². The van der Waals surface area contributed by atoms with Gasteiger partial charge in [-0.2, -0.15) is 0 Å². The van der Waals surface area contributed by atoms with Crippen molar-refractivity contribution in [1.82, 2.24) is 0 Å². The molecule has 0 aromatic heterocycles. The number of unbranched alkanes of at least 4 members (excludes halogenated alkanes) is 2. The van der Waals surface area contributed by atoms with Gasteiger partial charge >= 0.3 is 5.97 Å². The van der Waals surface area contributed by atoms with Gasteiger partial charge in [0, 0.05) is 11.5 Å². The topological polar surface area (TPSA) is 54.4 Å². The minimum atomic E-state index is -0.881. The van der Waals surface area contributed by atoms with E-state index in [1.807, 2.05) is 0 Å². The van der Waals surface area contributed by atoms with E-state index in [2.05, 4.69) is 13.8 Å². The third-order valence-corrected chi connectivity index (χ3v) is 3.92. The van der Waals surface area contributed by atoms with Crippen molar-refractivity contribution >= 4 is 23.4 Å². The number of hydrogen-bond donors (Lipinski definition) is 1. The van der Waals surface area contributed by atoms with Gasteiger partial charge in [0.2, 0.25) is 5.78 Å². The summed E-state index contributed by atoms with van der Waals surface area (Å²) < 4.78 is 0. The highest BCUT2D eigenvalue weighted by Crippen LogP contribution is 2.36. The van der Waals surface area contributed by atoms with E-state index in [0.29, 0.717) is 12.0 Å². The van der Waals surface area contributed by atoms with E-state index >= 15 is 0 Å². The van der Waals surface area contributed by atoms with Gasteiger partial charge in [-0.15, -0.1) is 0 Å². The van der Waals surface area contributed by atoms with Crippen LogP contribution in [0.4, 0.5) is 0 Å². The number of carbonyl (C=O) groups is 2. The van der Waals surface area contributed by atoms with Crippen LogP contribution in [0.2, 0.25) is 0 Å². The molecule has 1 N–H and O–H groups in total. The molecular formula is C16H23ClO3. The molecule has 1 unspecified atom stereocenters. The van der Waals surface area contributed by atoms with E-state index in [0.717, 1.165) is 37.7 Å². The number of halogens is 1. The van der Waals surface area contributed by atoms with E-state index in [9.17, 15) is 9.59 Å². The Morgan fingerprint density at radius 3 is 2.50 bits per heavy atom. The minimum absolute atomic E-state index is 0.00107. The molecule has 0 heterocycles. The standard InChI is InChI=1S/C16H23ClO3/c1-3-5-7-11-9-13(17)16(20)15(11)12(8-6-4-2)10-14(18)19/h9,11H,3-8,10H2,1-2H3,(H,18,19). The second-order valence-electron chi connectivity index (χ2n) is 5.28. The summed E-state index contributed by atoms with van der Waals surface area (Å²) in [6.45, 7) is 4.15. The van der Waals surface area contributed by atoms with Gasteiger partial charge in [-0.3, -0.25) is 9.59 Å². The van der Waals surface area contributed by atoms with Crippen molar-refractivity contribution < 1.29 is 14.7 Å². The molecule has 0 aromatic carbocycles. The number of hydrogen-bond acceptors (Lipinski definition) is 2. The van der Waals surface area contributed by atoms with Crippen molar-refractivity contribution in [3.63, 3.8) is 0 Å². The molecule has 0 amide bonds. The second kappa shape index (κ2) is 8.25. The highest BCUT2D eigenvalue weighted by atomic mass is 35.5. The molecule has 0 radical (unpaired) electrons. The highest BCUT2D eigenvalue weighted by Gasteiger charge is 2.31. The van der Waals surface area contributed by atoms with E-state index in [-0.39, 0.29) is 23.2 Å². The summed E-state index contributed by atoms with van der Waals surface area (Å²) in [6, 6.07) is 0. The predicted octanol–water partition coefficient (Wildman–Crippen LogP) is 4.46. The van der Waals surface area contributed by atoms with Gasteiger partial charge < -0.3 is 5.11 Å². The highest BCUT2D eigenvalue weighted by molar-refractivity contribution is 6.46. The molecule has 0 bridgehead atoms. The van der Waals surface area contributed by atoms with Crippen molar-refractivity contribution in [2.75, 3.05) is 0 Å². The Hall–Kier alpha value is -1.09. The normalized spacial score (nSPS) is 21.1. The summed E-state index contributed by atoms with van der Waals surface area (Å²) in [6.07, 6.45) is 7.21. The number of ketones is 1. The Kier molecular flexibility index (Phi) is 7.00. The van der Waals surface area contributed by atoms with Crippen LogP contribution in [-0.4, -0.2) is 16.9 Å². The fourth-order valence-corrected chi connectivity index (χ4v) is 2.85. The number of Topliss-reactive ketones (excluding diaryl/α,β-unsaturated/α-hetero) is 1. The minimum Gasteiger partial charge on any atom is -0.481 e. The fraction of sp³-hybridized carbons (Fsp3) is 0.625. The lowest BCUT2D eigenvalue weighted by Crippen LogP contribution is -2.11. The van der Waals surface area contributed by atoms with Crippen LogP contribution in [-0.2, 0) is 9.59 Å². The molecule has 112 valence electrons. The molecule has 1 aliphatic rings. The largest absolute Gasteiger partial charge is 0.481 e. The molecule has 1 rings (SSSR count). The van der Waals surface area contributed by atoms with Gasteiger partial charge in [0.1, 0.15) is 0 Å². The molecule has 1 aliphatic carbocycles. The molecule has 0 aliphatic heterocycles. The Bertz CT molecular complexity index is 435. The van der Waals surface area contributed by atoms with Gasteiger partial charge in [-0.1, -0.05) is 56.4 Å². The fourth-order valence-electron chi connectivity index (χ4n) is 2.60. The third-order valence-electron chi connectivity index (χ3n) is 3.63. The average molecular weight is 299 g/mol. The van der Waals surface area contributed by atoms with Crippen LogP contribution in [0.3, 0.4) is 0 Å². The van der Waals surface area contributed by atoms with Gasteiger partial charge in [0.25, 0.3) is 0 Å². The molecule has 0 fully saturated rings. The van der Waals surface area contributed by atoms with E-state index < -0.39 is 5.97 Å². The quantitative estimate of drug-likeness (QED) is 0.673. The third kappa shape index (κ3) is 4.48.